The number of nitrogens with one attached hydrogen (secondary N) is 1. The molecule has 1 amide bonds. The number of anilines is 1. The van der Waals surface area contributed by atoms with Crippen LogP contribution < -0.4 is 5.32 Å². The van der Waals surface area contributed by atoms with Gasteiger partial charge in [0.1, 0.15) is 5.82 Å². The molecule has 1 aromatic carbocycles. The second-order valence-corrected chi connectivity index (χ2v) is 6.73. The van der Waals surface area contributed by atoms with Gasteiger partial charge in [-0.25, -0.2) is 4.39 Å². The number of halogens is 1. The van der Waals surface area contributed by atoms with Crippen LogP contribution in [0.1, 0.15) is 6.92 Å². The van der Waals surface area contributed by atoms with Crippen LogP contribution in [0.2, 0.25) is 0 Å². The Kier molecular flexibility index (Phi) is 5.27. The van der Waals surface area contributed by atoms with E-state index in [-0.39, 0.29) is 17.3 Å². The maximum Gasteiger partial charge on any atom is 0.234 e. The van der Waals surface area contributed by atoms with Gasteiger partial charge in [0.05, 0.1) is 16.3 Å². The van der Waals surface area contributed by atoms with Gasteiger partial charge in [-0.15, -0.1) is 21.5 Å². The normalized spacial score (nSPS) is 10.8. The molecule has 0 saturated heterocycles. The van der Waals surface area contributed by atoms with Crippen LogP contribution in [0.5, 0.6) is 0 Å². The molecule has 0 radical (unpaired) electrons. The molecular formula is C16H15FN4OS2. The van der Waals surface area contributed by atoms with Crippen LogP contribution in [0.4, 0.5) is 10.1 Å². The van der Waals surface area contributed by atoms with Crippen molar-refractivity contribution in [2.75, 3.05) is 11.1 Å². The SMILES string of the molecule is CCn1c(SCC(=O)Nc2ccccc2F)nnc1-c1cccs1. The van der Waals surface area contributed by atoms with Crippen LogP contribution in [0, 0.1) is 5.82 Å². The van der Waals surface area contributed by atoms with Crippen LogP contribution in [0.15, 0.2) is 46.9 Å². The van der Waals surface area contributed by atoms with E-state index in [1.165, 1.54) is 23.9 Å². The number of thiophene rings is 1. The molecular weight excluding hydrogens is 347 g/mol. The van der Waals surface area contributed by atoms with Crippen molar-refractivity contribution in [3.05, 3.63) is 47.6 Å². The van der Waals surface area contributed by atoms with E-state index in [9.17, 15) is 9.18 Å². The van der Waals surface area contributed by atoms with Crippen LogP contribution in [0.3, 0.4) is 0 Å². The number of amides is 1. The largest absolute Gasteiger partial charge is 0.323 e. The zero-order valence-corrected chi connectivity index (χ0v) is 14.5. The van der Waals surface area contributed by atoms with E-state index in [1.807, 2.05) is 29.0 Å². The quantitative estimate of drug-likeness (QED) is 0.676. The maximum atomic E-state index is 13.5. The lowest BCUT2D eigenvalue weighted by atomic mass is 10.3. The van der Waals surface area contributed by atoms with Crippen molar-refractivity contribution in [3.63, 3.8) is 0 Å². The smallest absolute Gasteiger partial charge is 0.234 e. The second kappa shape index (κ2) is 7.59. The van der Waals surface area contributed by atoms with Crippen molar-refractivity contribution >= 4 is 34.7 Å². The van der Waals surface area contributed by atoms with Gasteiger partial charge in [0.25, 0.3) is 0 Å². The van der Waals surface area contributed by atoms with E-state index in [0.717, 1.165) is 10.7 Å². The lowest BCUT2D eigenvalue weighted by molar-refractivity contribution is -0.113. The summed E-state index contributed by atoms with van der Waals surface area (Å²) in [6.07, 6.45) is 0. The third-order valence-electron chi connectivity index (χ3n) is 3.25. The predicted molar refractivity (Wildman–Crippen MR) is 94.8 cm³/mol. The summed E-state index contributed by atoms with van der Waals surface area (Å²) in [5, 5.41) is 13.6. The standard InChI is InChI=1S/C16H15FN4OS2/c1-2-21-15(13-8-5-9-23-13)19-20-16(21)24-10-14(22)18-12-7-4-3-6-11(12)17/h3-9H,2,10H2,1H3,(H,18,22). The zero-order valence-electron chi connectivity index (χ0n) is 12.9. The average Bonchev–Trinajstić information content (AvgIpc) is 3.23. The van der Waals surface area contributed by atoms with Crippen molar-refractivity contribution < 1.29 is 9.18 Å². The first-order chi connectivity index (χ1) is 11.7. The molecule has 0 unspecified atom stereocenters. The number of carbonyl (C=O) groups excluding carboxylic acids is 1. The topological polar surface area (TPSA) is 59.8 Å². The Balaban J connectivity index is 1.67. The van der Waals surface area contributed by atoms with Gasteiger partial charge in [0.2, 0.25) is 5.91 Å². The molecule has 124 valence electrons. The molecule has 0 saturated carbocycles. The Hall–Kier alpha value is -2.19. The summed E-state index contributed by atoms with van der Waals surface area (Å²) in [7, 11) is 0. The summed E-state index contributed by atoms with van der Waals surface area (Å²) in [6.45, 7) is 2.71. The van der Waals surface area contributed by atoms with Crippen LogP contribution >= 0.6 is 23.1 Å². The highest BCUT2D eigenvalue weighted by Gasteiger charge is 2.15. The first-order valence-electron chi connectivity index (χ1n) is 7.33. The summed E-state index contributed by atoms with van der Waals surface area (Å²) >= 11 is 2.88. The van der Waals surface area contributed by atoms with Crippen LogP contribution in [0.25, 0.3) is 10.7 Å². The number of thioether (sulfide) groups is 1. The number of nitrogens with zero attached hydrogens (tertiary/aromatic N) is 3. The van der Waals surface area contributed by atoms with Crippen molar-refractivity contribution in [3.8, 4) is 10.7 Å². The van der Waals surface area contributed by atoms with Gasteiger partial charge >= 0.3 is 0 Å². The molecule has 0 atom stereocenters. The fraction of sp³-hybridized carbons (Fsp3) is 0.188. The highest BCUT2D eigenvalue weighted by Crippen LogP contribution is 2.27. The molecule has 0 fully saturated rings. The number of benzene rings is 1. The number of para-hydroxylation sites is 1. The minimum atomic E-state index is -0.451. The van der Waals surface area contributed by atoms with E-state index in [4.69, 9.17) is 0 Å². The predicted octanol–water partition coefficient (Wildman–Crippen LogP) is 3.90. The maximum absolute atomic E-state index is 13.5. The fourth-order valence-electron chi connectivity index (χ4n) is 2.15. The summed E-state index contributed by atoms with van der Waals surface area (Å²) in [5.41, 5.74) is 0.180. The van der Waals surface area contributed by atoms with Crippen molar-refractivity contribution in [2.24, 2.45) is 0 Å². The summed E-state index contributed by atoms with van der Waals surface area (Å²) < 4.78 is 15.5. The highest BCUT2D eigenvalue weighted by atomic mass is 32.2. The average molecular weight is 362 g/mol. The van der Waals surface area contributed by atoms with Crippen molar-refractivity contribution in [1.29, 1.82) is 0 Å². The second-order valence-electron chi connectivity index (χ2n) is 4.84. The number of aromatic nitrogens is 3. The van der Waals surface area contributed by atoms with Gasteiger partial charge < -0.3 is 9.88 Å². The van der Waals surface area contributed by atoms with Gasteiger partial charge in [-0.05, 0) is 30.5 Å². The molecule has 3 rings (SSSR count). The van der Waals surface area contributed by atoms with E-state index in [1.54, 1.807) is 23.5 Å². The lowest BCUT2D eigenvalue weighted by Crippen LogP contribution is -2.15. The molecule has 0 aliphatic carbocycles. The summed E-state index contributed by atoms with van der Waals surface area (Å²) in [6, 6.07) is 10.0. The Morgan fingerprint density at radius 2 is 2.12 bits per heavy atom. The third-order valence-corrected chi connectivity index (χ3v) is 5.09. The van der Waals surface area contributed by atoms with Gasteiger partial charge in [0, 0.05) is 6.54 Å². The minimum Gasteiger partial charge on any atom is -0.323 e. The highest BCUT2D eigenvalue weighted by molar-refractivity contribution is 7.99. The van der Waals surface area contributed by atoms with Crippen LogP contribution in [-0.4, -0.2) is 26.4 Å². The van der Waals surface area contributed by atoms with Gasteiger partial charge in [-0.1, -0.05) is 30.0 Å². The molecule has 0 aliphatic heterocycles. The Morgan fingerprint density at radius 3 is 2.83 bits per heavy atom. The lowest BCUT2D eigenvalue weighted by Gasteiger charge is -2.07. The Morgan fingerprint density at radius 1 is 1.29 bits per heavy atom. The first-order valence-corrected chi connectivity index (χ1v) is 9.19. The Labute approximate surface area is 146 Å². The monoisotopic (exact) mass is 362 g/mol. The molecule has 1 N–H and O–H groups in total. The third kappa shape index (κ3) is 3.65. The van der Waals surface area contributed by atoms with Gasteiger partial charge in [-0.3, -0.25) is 4.79 Å². The molecule has 0 aliphatic rings. The van der Waals surface area contributed by atoms with E-state index in [2.05, 4.69) is 15.5 Å². The van der Waals surface area contributed by atoms with Crippen LogP contribution in [-0.2, 0) is 11.3 Å². The molecule has 0 spiro atoms. The van der Waals surface area contributed by atoms with Crippen molar-refractivity contribution in [2.45, 2.75) is 18.6 Å². The van der Waals surface area contributed by atoms with Gasteiger partial charge in [0.15, 0.2) is 11.0 Å². The first kappa shape index (κ1) is 16.7. The van der Waals surface area contributed by atoms with Gasteiger partial charge in [-0.2, -0.15) is 0 Å². The number of hydrogen-bond acceptors (Lipinski definition) is 5. The molecule has 3 aromatic rings. The fourth-order valence-corrected chi connectivity index (χ4v) is 3.67. The van der Waals surface area contributed by atoms with Crippen molar-refractivity contribution in [1.82, 2.24) is 14.8 Å². The minimum absolute atomic E-state index is 0.136. The summed E-state index contributed by atoms with van der Waals surface area (Å²) in [4.78, 5) is 13.1. The summed E-state index contributed by atoms with van der Waals surface area (Å²) in [5.74, 6) is 0.196. The molecule has 2 aromatic heterocycles. The number of rotatable bonds is 6. The van der Waals surface area contributed by atoms with E-state index in [0.29, 0.717) is 11.7 Å². The van der Waals surface area contributed by atoms with E-state index < -0.39 is 5.82 Å². The zero-order chi connectivity index (χ0) is 16.9. The number of carbonyl (C=O) groups is 1. The molecule has 24 heavy (non-hydrogen) atoms. The molecule has 2 heterocycles. The molecule has 5 nitrogen and oxygen atoms in total. The molecule has 8 heteroatoms. The molecule has 0 bridgehead atoms. The number of hydrogen-bond donors (Lipinski definition) is 1. The van der Waals surface area contributed by atoms with E-state index >= 15 is 0 Å². The Bertz CT molecular complexity index is 832.